The molecule has 8 nitrogen and oxygen atoms in total. The molecule has 2 heterocycles. The van der Waals surface area contributed by atoms with Crippen LogP contribution in [-0.2, 0) is 23.7 Å². The van der Waals surface area contributed by atoms with Gasteiger partial charge in [0.25, 0.3) is 0 Å². The zero-order chi connectivity index (χ0) is 29.9. The van der Waals surface area contributed by atoms with Crippen LogP contribution in [0.15, 0.2) is 72.8 Å². The molecule has 222 valence electrons. The van der Waals surface area contributed by atoms with Crippen molar-refractivity contribution in [3.8, 4) is 0 Å². The normalized spacial score (nSPS) is 39.1. The Kier molecular flexibility index (Phi) is 6.85. The third kappa shape index (κ3) is 4.14. The zero-order valence-corrected chi connectivity index (χ0v) is 24.3. The molecule has 2 aliphatic carbocycles. The molecule has 1 spiro atoms. The first-order valence-corrected chi connectivity index (χ1v) is 14.7. The van der Waals surface area contributed by atoms with Crippen LogP contribution in [0.1, 0.15) is 73.6 Å². The maximum absolute atomic E-state index is 13.7. The lowest BCUT2D eigenvalue weighted by atomic mass is 9.41. The van der Waals surface area contributed by atoms with E-state index >= 15 is 0 Å². The number of ether oxygens (including phenoxy) is 4. The van der Waals surface area contributed by atoms with Crippen LogP contribution in [-0.4, -0.2) is 59.1 Å². The average molecular weight is 575 g/mol. The number of carbonyl (C=O) groups excluding carboxylic acids is 3. The van der Waals surface area contributed by atoms with Crippen LogP contribution in [0.3, 0.4) is 0 Å². The van der Waals surface area contributed by atoms with Crippen LogP contribution in [0, 0.1) is 16.7 Å². The Morgan fingerprint density at radius 1 is 0.929 bits per heavy atom. The molecule has 2 aliphatic heterocycles. The van der Waals surface area contributed by atoms with E-state index in [-0.39, 0.29) is 25.4 Å². The van der Waals surface area contributed by atoms with E-state index in [2.05, 4.69) is 6.58 Å². The van der Waals surface area contributed by atoms with Gasteiger partial charge in [0.15, 0.2) is 12.2 Å². The van der Waals surface area contributed by atoms with Crippen molar-refractivity contribution in [2.24, 2.45) is 16.7 Å². The zero-order valence-electron chi connectivity index (χ0n) is 24.3. The van der Waals surface area contributed by atoms with Crippen LogP contribution in [0.25, 0.3) is 0 Å². The van der Waals surface area contributed by atoms with E-state index in [9.17, 15) is 19.5 Å². The van der Waals surface area contributed by atoms with Crippen LogP contribution in [0.5, 0.6) is 0 Å². The van der Waals surface area contributed by atoms with E-state index in [1.165, 1.54) is 0 Å². The number of aliphatic hydroxyl groups excluding tert-OH is 1. The van der Waals surface area contributed by atoms with Gasteiger partial charge in [-0.15, -0.1) is 0 Å². The van der Waals surface area contributed by atoms with Gasteiger partial charge >= 0.3 is 17.9 Å². The average Bonchev–Trinajstić information content (AvgIpc) is 3.33. The van der Waals surface area contributed by atoms with E-state index < -0.39 is 58.3 Å². The predicted molar refractivity (Wildman–Crippen MR) is 152 cm³/mol. The minimum absolute atomic E-state index is 0.0168. The highest BCUT2D eigenvalue weighted by atomic mass is 16.6. The lowest BCUT2D eigenvalue weighted by molar-refractivity contribution is -0.362. The molecule has 8 unspecified atom stereocenters. The maximum atomic E-state index is 13.7. The largest absolute Gasteiger partial charge is 0.462 e. The number of esters is 3. The lowest BCUT2D eigenvalue weighted by Gasteiger charge is -2.70. The van der Waals surface area contributed by atoms with E-state index in [0.717, 1.165) is 18.4 Å². The highest BCUT2D eigenvalue weighted by Crippen LogP contribution is 2.69. The van der Waals surface area contributed by atoms with E-state index in [1.807, 2.05) is 26.8 Å². The molecule has 4 aliphatic rings. The topological polar surface area (TPSA) is 108 Å². The molecule has 42 heavy (non-hydrogen) atoms. The van der Waals surface area contributed by atoms with Gasteiger partial charge in [0, 0.05) is 17.3 Å². The van der Waals surface area contributed by atoms with Gasteiger partial charge in [0.2, 0.25) is 0 Å². The number of rotatable bonds is 4. The van der Waals surface area contributed by atoms with Crippen LogP contribution < -0.4 is 0 Å². The molecule has 8 heteroatoms. The van der Waals surface area contributed by atoms with Crippen LogP contribution in [0.2, 0.25) is 0 Å². The van der Waals surface area contributed by atoms with Crippen molar-refractivity contribution in [3.05, 3.63) is 83.9 Å². The summed E-state index contributed by atoms with van der Waals surface area (Å²) in [6.07, 6.45) is -0.626. The molecular formula is C34H38O8. The lowest BCUT2D eigenvalue weighted by Crippen LogP contribution is -2.80. The Morgan fingerprint density at radius 3 is 2.05 bits per heavy atom. The summed E-state index contributed by atoms with van der Waals surface area (Å²) in [6.45, 7) is 10.2. The molecule has 1 N–H and O–H groups in total. The minimum atomic E-state index is -1.37. The predicted octanol–water partition coefficient (Wildman–Crippen LogP) is 5.05. The Hall–Kier alpha value is -3.49. The molecule has 2 aromatic rings. The second kappa shape index (κ2) is 10.1. The van der Waals surface area contributed by atoms with Gasteiger partial charge in [0.05, 0.1) is 23.7 Å². The Morgan fingerprint density at radius 2 is 1.50 bits per heavy atom. The molecule has 0 aromatic heterocycles. The van der Waals surface area contributed by atoms with E-state index in [4.69, 9.17) is 18.9 Å². The molecular weight excluding hydrogens is 536 g/mol. The van der Waals surface area contributed by atoms with Crippen molar-refractivity contribution in [2.45, 2.75) is 82.4 Å². The second-order valence-electron chi connectivity index (χ2n) is 12.9. The fraction of sp³-hybridized carbons (Fsp3) is 0.500. The monoisotopic (exact) mass is 574 g/mol. The third-order valence-electron chi connectivity index (χ3n) is 10.8. The summed E-state index contributed by atoms with van der Waals surface area (Å²) in [7, 11) is 0. The fourth-order valence-corrected chi connectivity index (χ4v) is 8.35. The van der Waals surface area contributed by atoms with Crippen molar-refractivity contribution in [2.75, 3.05) is 6.61 Å². The number of aliphatic hydroxyl groups is 1. The Labute approximate surface area is 246 Å². The maximum Gasteiger partial charge on any atom is 0.338 e. The number of benzene rings is 2. The summed E-state index contributed by atoms with van der Waals surface area (Å²) in [5, 5.41) is 12.1. The summed E-state index contributed by atoms with van der Waals surface area (Å²) in [4.78, 5) is 39.8. The molecule has 2 saturated heterocycles. The van der Waals surface area contributed by atoms with Gasteiger partial charge in [-0.25, -0.2) is 9.59 Å². The molecule has 2 saturated carbocycles. The minimum Gasteiger partial charge on any atom is -0.462 e. The van der Waals surface area contributed by atoms with Gasteiger partial charge in [0.1, 0.15) is 17.8 Å². The molecule has 2 aromatic carbocycles. The SMILES string of the molecule is C=C1CCCC2C1(C)C(OC(=O)c1ccccc1)C(OC(=O)c1ccccc1)C1(C)OC3(COC(=O)C3)CC(O)C21C. The first-order valence-electron chi connectivity index (χ1n) is 14.7. The number of cyclic esters (lactones) is 1. The Balaban J connectivity index is 1.53. The summed E-state index contributed by atoms with van der Waals surface area (Å²) in [5.41, 5.74) is -2.71. The summed E-state index contributed by atoms with van der Waals surface area (Å²) in [6, 6.07) is 17.3. The fourth-order valence-electron chi connectivity index (χ4n) is 8.35. The van der Waals surface area contributed by atoms with E-state index in [0.29, 0.717) is 17.5 Å². The highest BCUT2D eigenvalue weighted by molar-refractivity contribution is 5.90. The van der Waals surface area contributed by atoms with Crippen LogP contribution in [0.4, 0.5) is 0 Å². The smallest absolute Gasteiger partial charge is 0.338 e. The molecule has 6 rings (SSSR count). The van der Waals surface area contributed by atoms with E-state index in [1.54, 1.807) is 54.6 Å². The second-order valence-corrected chi connectivity index (χ2v) is 12.9. The number of hydrogen-bond donors (Lipinski definition) is 1. The van der Waals surface area contributed by atoms with Crippen molar-refractivity contribution >= 4 is 17.9 Å². The summed E-state index contributed by atoms with van der Waals surface area (Å²) >= 11 is 0. The standard InChI is InChI=1S/C34H38O8/c1-21-12-11-17-24-31(21,2)27(40-29(37)22-13-7-5-8-14-22)28(41-30(38)23-15-9-6-10-16-23)33(4)32(24,3)25(35)18-34(42-33)19-26(36)39-20-34/h5-10,13-16,24-25,27-28,35H,1,11-12,17-20H2,2-4H3. The number of carbonyl (C=O) groups is 3. The van der Waals surface area contributed by atoms with Crippen molar-refractivity contribution < 1.29 is 38.4 Å². The molecule has 4 fully saturated rings. The molecule has 0 radical (unpaired) electrons. The van der Waals surface area contributed by atoms with Crippen molar-refractivity contribution in [1.82, 2.24) is 0 Å². The van der Waals surface area contributed by atoms with Crippen molar-refractivity contribution in [1.29, 1.82) is 0 Å². The highest BCUT2D eigenvalue weighted by Gasteiger charge is 2.77. The van der Waals surface area contributed by atoms with Crippen LogP contribution >= 0.6 is 0 Å². The third-order valence-corrected chi connectivity index (χ3v) is 10.8. The van der Waals surface area contributed by atoms with Gasteiger partial charge in [-0.1, -0.05) is 62.4 Å². The van der Waals surface area contributed by atoms with Gasteiger partial charge in [-0.05, 0) is 56.4 Å². The van der Waals surface area contributed by atoms with Gasteiger partial charge < -0.3 is 24.1 Å². The first kappa shape index (κ1) is 28.6. The van der Waals surface area contributed by atoms with Crippen molar-refractivity contribution in [3.63, 3.8) is 0 Å². The molecule has 0 bridgehead atoms. The number of hydrogen-bond acceptors (Lipinski definition) is 8. The van der Waals surface area contributed by atoms with Gasteiger partial charge in [-0.3, -0.25) is 4.79 Å². The Bertz CT molecular complexity index is 1410. The summed E-state index contributed by atoms with van der Waals surface area (Å²) in [5.74, 6) is -1.81. The summed E-state index contributed by atoms with van der Waals surface area (Å²) < 4.78 is 25.1. The van der Waals surface area contributed by atoms with Gasteiger partial charge in [-0.2, -0.15) is 0 Å². The quantitative estimate of drug-likeness (QED) is 0.307. The first-order chi connectivity index (χ1) is 19.9. The number of fused-ring (bicyclic) bond motifs is 3. The molecule has 8 atom stereocenters. The molecule has 0 amide bonds.